The molecule has 4 nitrogen and oxygen atoms in total. The average Bonchev–Trinajstić information content (AvgIpc) is 3.14. The van der Waals surface area contributed by atoms with Gasteiger partial charge in [-0.2, -0.15) is 0 Å². The molecule has 152 valence electrons. The van der Waals surface area contributed by atoms with Crippen molar-refractivity contribution in [2.75, 3.05) is 26.3 Å². The fourth-order valence-electron chi connectivity index (χ4n) is 5.27. The molecule has 3 aliphatic rings. The molecule has 0 bridgehead atoms. The summed E-state index contributed by atoms with van der Waals surface area (Å²) in [6, 6.07) is 13.5. The SMILES string of the molecule is CC1CC(NC2CCCC2C2COCCN2)CCN1Cc1ccccc1.Cl. The predicted octanol–water partition coefficient (Wildman–Crippen LogP) is 3.21. The summed E-state index contributed by atoms with van der Waals surface area (Å²) >= 11 is 0. The number of nitrogens with one attached hydrogen (secondary N) is 2. The van der Waals surface area contributed by atoms with Gasteiger partial charge in [-0.1, -0.05) is 36.8 Å². The molecule has 2 N–H and O–H groups in total. The van der Waals surface area contributed by atoms with E-state index in [0.717, 1.165) is 32.2 Å². The Balaban J connectivity index is 0.00000210. The highest BCUT2D eigenvalue weighted by Crippen LogP contribution is 2.31. The maximum absolute atomic E-state index is 5.72. The molecular formula is C22H36ClN3O. The van der Waals surface area contributed by atoms with Gasteiger partial charge in [0.15, 0.2) is 0 Å². The Bertz CT molecular complexity index is 552. The lowest BCUT2D eigenvalue weighted by molar-refractivity contribution is 0.0493. The molecule has 0 spiro atoms. The van der Waals surface area contributed by atoms with Crippen molar-refractivity contribution in [2.45, 2.75) is 69.7 Å². The third-order valence-corrected chi connectivity index (χ3v) is 6.73. The first-order chi connectivity index (χ1) is 12.8. The average molecular weight is 394 g/mol. The molecular weight excluding hydrogens is 358 g/mol. The predicted molar refractivity (Wildman–Crippen MR) is 113 cm³/mol. The minimum Gasteiger partial charge on any atom is -0.379 e. The number of likely N-dealkylation sites (tertiary alicyclic amines) is 1. The fourth-order valence-corrected chi connectivity index (χ4v) is 5.27. The monoisotopic (exact) mass is 393 g/mol. The molecule has 5 atom stereocenters. The second-order valence-corrected chi connectivity index (χ2v) is 8.53. The van der Waals surface area contributed by atoms with Gasteiger partial charge < -0.3 is 15.4 Å². The van der Waals surface area contributed by atoms with Gasteiger partial charge in [0, 0.05) is 43.8 Å². The van der Waals surface area contributed by atoms with Gasteiger partial charge in [-0.15, -0.1) is 12.4 Å². The highest BCUT2D eigenvalue weighted by Gasteiger charge is 2.36. The zero-order chi connectivity index (χ0) is 17.8. The van der Waals surface area contributed by atoms with Crippen LogP contribution in [0.25, 0.3) is 0 Å². The summed E-state index contributed by atoms with van der Waals surface area (Å²) in [7, 11) is 0. The van der Waals surface area contributed by atoms with Crippen molar-refractivity contribution in [1.82, 2.24) is 15.5 Å². The van der Waals surface area contributed by atoms with E-state index < -0.39 is 0 Å². The van der Waals surface area contributed by atoms with Gasteiger partial charge in [0.05, 0.1) is 13.2 Å². The van der Waals surface area contributed by atoms with Crippen LogP contribution in [0.4, 0.5) is 0 Å². The Morgan fingerprint density at radius 1 is 1.19 bits per heavy atom. The molecule has 1 aromatic carbocycles. The Hall–Kier alpha value is -0.650. The molecule has 2 heterocycles. The number of piperidine rings is 1. The summed E-state index contributed by atoms with van der Waals surface area (Å²) in [5.41, 5.74) is 1.44. The molecule has 1 saturated carbocycles. The van der Waals surface area contributed by atoms with Crippen molar-refractivity contribution >= 4 is 12.4 Å². The molecule has 0 radical (unpaired) electrons. The molecule has 1 aliphatic carbocycles. The van der Waals surface area contributed by atoms with Gasteiger partial charge in [0.25, 0.3) is 0 Å². The van der Waals surface area contributed by atoms with Crippen molar-refractivity contribution in [3.63, 3.8) is 0 Å². The van der Waals surface area contributed by atoms with Gasteiger partial charge in [-0.25, -0.2) is 0 Å². The van der Waals surface area contributed by atoms with E-state index in [2.05, 4.69) is 52.8 Å². The normalized spacial score (nSPS) is 34.9. The lowest BCUT2D eigenvalue weighted by Gasteiger charge is -2.41. The third-order valence-electron chi connectivity index (χ3n) is 6.73. The number of hydrogen-bond acceptors (Lipinski definition) is 4. The highest BCUT2D eigenvalue weighted by atomic mass is 35.5. The molecule has 1 aromatic rings. The summed E-state index contributed by atoms with van der Waals surface area (Å²) in [5.74, 6) is 0.743. The van der Waals surface area contributed by atoms with Gasteiger partial charge in [-0.3, -0.25) is 4.90 Å². The van der Waals surface area contributed by atoms with Gasteiger partial charge in [0.1, 0.15) is 0 Å². The van der Waals surface area contributed by atoms with E-state index in [4.69, 9.17) is 4.74 Å². The molecule has 0 amide bonds. The Morgan fingerprint density at radius 3 is 2.78 bits per heavy atom. The second kappa shape index (κ2) is 10.2. The number of morpholine rings is 1. The highest BCUT2D eigenvalue weighted by molar-refractivity contribution is 5.85. The van der Waals surface area contributed by atoms with Gasteiger partial charge in [-0.05, 0) is 44.1 Å². The summed E-state index contributed by atoms with van der Waals surface area (Å²) in [6.45, 7) is 7.48. The summed E-state index contributed by atoms with van der Waals surface area (Å²) < 4.78 is 5.72. The maximum Gasteiger partial charge on any atom is 0.0623 e. The smallest absolute Gasteiger partial charge is 0.0623 e. The quantitative estimate of drug-likeness (QED) is 0.805. The summed E-state index contributed by atoms with van der Waals surface area (Å²) in [6.07, 6.45) is 6.59. The number of ether oxygens (including phenoxy) is 1. The van der Waals surface area contributed by atoms with E-state index >= 15 is 0 Å². The number of nitrogens with zero attached hydrogens (tertiary/aromatic N) is 1. The minimum atomic E-state index is 0. The van der Waals surface area contributed by atoms with Gasteiger partial charge in [0.2, 0.25) is 0 Å². The fraction of sp³-hybridized carbons (Fsp3) is 0.727. The van der Waals surface area contributed by atoms with E-state index in [9.17, 15) is 0 Å². The van der Waals surface area contributed by atoms with Crippen LogP contribution >= 0.6 is 12.4 Å². The summed E-state index contributed by atoms with van der Waals surface area (Å²) in [4.78, 5) is 2.65. The van der Waals surface area contributed by atoms with Crippen LogP contribution in [-0.4, -0.2) is 55.4 Å². The van der Waals surface area contributed by atoms with Crippen molar-refractivity contribution < 1.29 is 4.74 Å². The molecule has 3 fully saturated rings. The van der Waals surface area contributed by atoms with Crippen LogP contribution in [0.1, 0.15) is 44.6 Å². The van der Waals surface area contributed by atoms with Crippen LogP contribution in [0.3, 0.4) is 0 Å². The van der Waals surface area contributed by atoms with Crippen LogP contribution in [0.15, 0.2) is 30.3 Å². The zero-order valence-corrected chi connectivity index (χ0v) is 17.4. The van der Waals surface area contributed by atoms with E-state index in [-0.39, 0.29) is 12.4 Å². The number of hydrogen-bond donors (Lipinski definition) is 2. The van der Waals surface area contributed by atoms with E-state index in [1.807, 2.05) is 0 Å². The van der Waals surface area contributed by atoms with Crippen molar-refractivity contribution in [3.8, 4) is 0 Å². The first-order valence-corrected chi connectivity index (χ1v) is 10.6. The first-order valence-electron chi connectivity index (χ1n) is 10.6. The van der Waals surface area contributed by atoms with Crippen molar-refractivity contribution in [1.29, 1.82) is 0 Å². The second-order valence-electron chi connectivity index (χ2n) is 8.53. The van der Waals surface area contributed by atoms with Crippen LogP contribution < -0.4 is 10.6 Å². The Labute approximate surface area is 170 Å². The topological polar surface area (TPSA) is 36.5 Å². The first kappa shape index (κ1) is 21.1. The zero-order valence-electron chi connectivity index (χ0n) is 16.6. The van der Waals surface area contributed by atoms with Crippen molar-refractivity contribution in [2.24, 2.45) is 5.92 Å². The molecule has 0 aromatic heterocycles. The van der Waals surface area contributed by atoms with E-state index in [1.54, 1.807) is 0 Å². The van der Waals surface area contributed by atoms with Gasteiger partial charge >= 0.3 is 0 Å². The van der Waals surface area contributed by atoms with Crippen LogP contribution in [0.5, 0.6) is 0 Å². The number of halogens is 1. The molecule has 5 heteroatoms. The lowest BCUT2D eigenvalue weighted by atomic mass is 9.91. The molecule has 5 unspecified atom stereocenters. The number of rotatable bonds is 5. The summed E-state index contributed by atoms with van der Waals surface area (Å²) in [5, 5.41) is 7.76. The lowest BCUT2D eigenvalue weighted by Crippen LogP contribution is -2.54. The molecule has 2 aliphatic heterocycles. The number of benzene rings is 1. The minimum absolute atomic E-state index is 0. The van der Waals surface area contributed by atoms with E-state index in [1.165, 1.54) is 44.2 Å². The molecule has 4 rings (SSSR count). The largest absolute Gasteiger partial charge is 0.379 e. The third kappa shape index (κ3) is 5.45. The Morgan fingerprint density at radius 2 is 2.04 bits per heavy atom. The van der Waals surface area contributed by atoms with Crippen molar-refractivity contribution in [3.05, 3.63) is 35.9 Å². The Kier molecular flexibility index (Phi) is 7.97. The van der Waals surface area contributed by atoms with Crippen LogP contribution in [0, 0.1) is 5.92 Å². The van der Waals surface area contributed by atoms with E-state index in [0.29, 0.717) is 24.2 Å². The van der Waals surface area contributed by atoms with Crippen LogP contribution in [-0.2, 0) is 11.3 Å². The van der Waals surface area contributed by atoms with Crippen LogP contribution in [0.2, 0.25) is 0 Å². The molecule has 27 heavy (non-hydrogen) atoms. The molecule has 2 saturated heterocycles. The maximum atomic E-state index is 5.72. The standard InChI is InChI=1S/C22H35N3O.ClH/c1-17-14-19(10-12-25(17)15-18-6-3-2-4-7-18)24-21-9-5-8-20(21)22-16-26-13-11-23-22;/h2-4,6-7,17,19-24H,5,8-16H2,1H3;1H.